The number of nitrogens with one attached hydrogen (secondary N) is 1. The van der Waals surface area contributed by atoms with Crippen LogP contribution in [-0.2, 0) is 4.79 Å². The highest BCUT2D eigenvalue weighted by Gasteiger charge is 2.43. The van der Waals surface area contributed by atoms with Crippen molar-refractivity contribution in [3.05, 3.63) is 47.0 Å². The summed E-state index contributed by atoms with van der Waals surface area (Å²) in [6, 6.07) is 10.2. The first-order valence-corrected chi connectivity index (χ1v) is 6.13. The lowest BCUT2D eigenvalue weighted by molar-refractivity contribution is -0.122. The molecule has 1 N–H and O–H groups in total. The molecule has 2 atom stereocenters. The topological polar surface area (TPSA) is 29.1 Å². The van der Waals surface area contributed by atoms with Crippen molar-refractivity contribution in [1.29, 1.82) is 0 Å². The third kappa shape index (κ3) is 2.73. The van der Waals surface area contributed by atoms with Gasteiger partial charge in [-0.3, -0.25) is 4.79 Å². The molecule has 0 heterocycles. The molecule has 1 amide bonds. The van der Waals surface area contributed by atoms with Gasteiger partial charge in [0.15, 0.2) is 0 Å². The number of amides is 1. The van der Waals surface area contributed by atoms with E-state index in [0.717, 1.165) is 10.9 Å². The molecule has 0 spiro atoms. The van der Waals surface area contributed by atoms with Crippen molar-refractivity contribution < 1.29 is 4.79 Å². The van der Waals surface area contributed by atoms with Crippen LogP contribution in [0.5, 0.6) is 0 Å². The largest absolute Gasteiger partial charge is 0.351 e. The van der Waals surface area contributed by atoms with Gasteiger partial charge in [-0.05, 0) is 17.9 Å². The van der Waals surface area contributed by atoms with Crippen LogP contribution in [0.1, 0.15) is 17.9 Å². The van der Waals surface area contributed by atoms with Crippen molar-refractivity contribution in [3.8, 4) is 0 Å². The van der Waals surface area contributed by atoms with E-state index in [-0.39, 0.29) is 11.8 Å². The van der Waals surface area contributed by atoms with Crippen LogP contribution in [0.15, 0.2) is 41.4 Å². The van der Waals surface area contributed by atoms with Gasteiger partial charge in [0.2, 0.25) is 5.91 Å². The number of rotatable bonds is 4. The molecule has 0 radical (unpaired) electrons. The van der Waals surface area contributed by atoms with E-state index in [0.29, 0.717) is 12.5 Å². The second kappa shape index (κ2) is 4.83. The van der Waals surface area contributed by atoms with E-state index in [9.17, 15) is 4.79 Å². The summed E-state index contributed by atoms with van der Waals surface area (Å²) in [5.74, 6) is 0.688. The summed E-state index contributed by atoms with van der Waals surface area (Å²) >= 11 is 3.22. The third-order valence-electron chi connectivity index (χ3n) is 2.81. The highest BCUT2D eigenvalue weighted by atomic mass is 79.9. The zero-order chi connectivity index (χ0) is 11.5. The molecule has 1 aliphatic rings. The number of hydrogen-bond donors (Lipinski definition) is 1. The number of carbonyl (C=O) groups excluding carboxylic acids is 1. The maximum absolute atomic E-state index is 11.7. The van der Waals surface area contributed by atoms with Gasteiger partial charge in [0, 0.05) is 16.9 Å². The van der Waals surface area contributed by atoms with E-state index in [1.54, 1.807) is 0 Å². The fourth-order valence-corrected chi connectivity index (χ4v) is 2.01. The molecule has 1 saturated carbocycles. The van der Waals surface area contributed by atoms with Crippen LogP contribution in [0.25, 0.3) is 0 Å². The zero-order valence-electron chi connectivity index (χ0n) is 8.95. The average Bonchev–Trinajstić information content (AvgIpc) is 3.07. The molecule has 1 aromatic carbocycles. The Balaban J connectivity index is 1.87. The van der Waals surface area contributed by atoms with Crippen molar-refractivity contribution in [2.24, 2.45) is 5.92 Å². The first-order chi connectivity index (χ1) is 7.68. The van der Waals surface area contributed by atoms with Gasteiger partial charge < -0.3 is 5.32 Å². The van der Waals surface area contributed by atoms with Crippen molar-refractivity contribution in [2.75, 3.05) is 6.54 Å². The van der Waals surface area contributed by atoms with Crippen molar-refractivity contribution in [1.82, 2.24) is 5.32 Å². The minimum Gasteiger partial charge on any atom is -0.351 e. The second-order valence-electron chi connectivity index (χ2n) is 4.09. The minimum atomic E-state index is 0.134. The van der Waals surface area contributed by atoms with Crippen LogP contribution < -0.4 is 5.32 Å². The molecule has 1 aliphatic carbocycles. The number of hydrogen-bond acceptors (Lipinski definition) is 1. The average molecular weight is 280 g/mol. The molecule has 1 aromatic rings. The van der Waals surface area contributed by atoms with Crippen LogP contribution in [0.2, 0.25) is 0 Å². The number of halogens is 1. The van der Waals surface area contributed by atoms with Gasteiger partial charge in [-0.25, -0.2) is 0 Å². The smallest absolute Gasteiger partial charge is 0.224 e. The predicted octanol–water partition coefficient (Wildman–Crippen LogP) is 2.81. The Bertz CT molecular complexity index is 402. The maximum atomic E-state index is 11.7. The lowest BCUT2D eigenvalue weighted by atomic mass is 10.1. The molecule has 0 saturated heterocycles. The van der Waals surface area contributed by atoms with E-state index in [4.69, 9.17) is 0 Å². The van der Waals surface area contributed by atoms with E-state index < -0.39 is 0 Å². The van der Waals surface area contributed by atoms with E-state index in [2.05, 4.69) is 40.0 Å². The highest BCUT2D eigenvalue weighted by molar-refractivity contribution is 9.11. The molecule has 1 fully saturated rings. The fraction of sp³-hybridized carbons (Fsp3) is 0.308. The van der Waals surface area contributed by atoms with Gasteiger partial charge in [0.1, 0.15) is 0 Å². The van der Waals surface area contributed by atoms with Gasteiger partial charge in [0.25, 0.3) is 0 Å². The van der Waals surface area contributed by atoms with Crippen LogP contribution in [0.3, 0.4) is 0 Å². The second-order valence-corrected chi connectivity index (χ2v) is 5.22. The molecule has 3 heteroatoms. The van der Waals surface area contributed by atoms with Gasteiger partial charge in [-0.1, -0.05) is 52.8 Å². The summed E-state index contributed by atoms with van der Waals surface area (Å²) in [5.41, 5.74) is 1.26. The molecule has 0 aliphatic heterocycles. The molecule has 2 nitrogen and oxygen atoms in total. The fourth-order valence-electron chi connectivity index (χ4n) is 1.87. The molecular formula is C13H14BrNO. The first-order valence-electron chi connectivity index (χ1n) is 5.34. The number of carbonyl (C=O) groups is 1. The van der Waals surface area contributed by atoms with E-state index >= 15 is 0 Å². The molecule has 2 rings (SSSR count). The normalized spacial score (nSPS) is 22.6. The molecule has 16 heavy (non-hydrogen) atoms. The Labute approximate surface area is 104 Å². The Hall–Kier alpha value is -1.09. The van der Waals surface area contributed by atoms with Gasteiger partial charge in [0.05, 0.1) is 0 Å². The lowest BCUT2D eigenvalue weighted by Gasteiger charge is -2.03. The summed E-state index contributed by atoms with van der Waals surface area (Å²) in [5, 5.41) is 2.86. The summed E-state index contributed by atoms with van der Waals surface area (Å²) in [6.45, 7) is 4.20. The Morgan fingerprint density at radius 2 is 2.12 bits per heavy atom. The van der Waals surface area contributed by atoms with Crippen LogP contribution in [-0.4, -0.2) is 12.5 Å². The van der Waals surface area contributed by atoms with Crippen LogP contribution >= 0.6 is 15.9 Å². The zero-order valence-corrected chi connectivity index (χ0v) is 10.5. The molecule has 0 bridgehead atoms. The van der Waals surface area contributed by atoms with Gasteiger partial charge >= 0.3 is 0 Å². The Morgan fingerprint density at radius 3 is 2.75 bits per heavy atom. The van der Waals surface area contributed by atoms with Crippen molar-refractivity contribution >= 4 is 21.8 Å². The SMILES string of the molecule is C=C(Br)CNC(=O)C1CC1c1ccccc1. The molecule has 2 unspecified atom stereocenters. The van der Waals surface area contributed by atoms with Crippen molar-refractivity contribution in [2.45, 2.75) is 12.3 Å². The summed E-state index contributed by atoms with van der Waals surface area (Å²) in [7, 11) is 0. The standard InChI is InChI=1S/C13H14BrNO/c1-9(14)8-15-13(16)12-7-11(12)10-5-3-2-4-6-10/h2-6,11-12H,1,7-8H2,(H,15,16). The van der Waals surface area contributed by atoms with Gasteiger partial charge in [-0.2, -0.15) is 0 Å². The quantitative estimate of drug-likeness (QED) is 0.902. The molecule has 0 aromatic heterocycles. The summed E-state index contributed by atoms with van der Waals surface area (Å²) in [4.78, 5) is 11.7. The van der Waals surface area contributed by atoms with Gasteiger partial charge in [-0.15, -0.1) is 0 Å². The predicted molar refractivity (Wildman–Crippen MR) is 68.4 cm³/mol. The molecule has 84 valence electrons. The first kappa shape index (κ1) is 11.4. The minimum absolute atomic E-state index is 0.134. The third-order valence-corrected chi connectivity index (χ3v) is 3.09. The Morgan fingerprint density at radius 1 is 1.44 bits per heavy atom. The van der Waals surface area contributed by atoms with Crippen molar-refractivity contribution in [3.63, 3.8) is 0 Å². The number of benzene rings is 1. The van der Waals surface area contributed by atoms with Crippen LogP contribution in [0, 0.1) is 5.92 Å². The summed E-state index contributed by atoms with van der Waals surface area (Å²) in [6.07, 6.45) is 0.963. The summed E-state index contributed by atoms with van der Waals surface area (Å²) < 4.78 is 0.803. The lowest BCUT2D eigenvalue weighted by Crippen LogP contribution is -2.26. The highest BCUT2D eigenvalue weighted by Crippen LogP contribution is 2.47. The van der Waals surface area contributed by atoms with Crippen LogP contribution in [0.4, 0.5) is 0 Å². The Kier molecular flexibility index (Phi) is 3.44. The van der Waals surface area contributed by atoms with E-state index in [1.165, 1.54) is 5.56 Å². The maximum Gasteiger partial charge on any atom is 0.224 e. The molecular weight excluding hydrogens is 266 g/mol. The monoisotopic (exact) mass is 279 g/mol. The van der Waals surface area contributed by atoms with E-state index in [1.807, 2.05) is 18.2 Å².